The second kappa shape index (κ2) is 6.59. The Kier molecular flexibility index (Phi) is 5.64. The number of benzene rings is 1. The van der Waals surface area contributed by atoms with E-state index in [1.165, 1.54) is 0 Å². The Bertz CT molecular complexity index is 552. The van der Waals surface area contributed by atoms with Crippen LogP contribution in [0.1, 0.15) is 23.1 Å². The van der Waals surface area contributed by atoms with Crippen LogP contribution in [-0.2, 0) is 13.8 Å². The van der Waals surface area contributed by atoms with Crippen LogP contribution < -0.4 is 4.74 Å². The van der Waals surface area contributed by atoms with Gasteiger partial charge < -0.3 is 9.47 Å². The molecule has 0 aliphatic carbocycles. The van der Waals surface area contributed by atoms with Gasteiger partial charge in [-0.1, -0.05) is 0 Å². The molecule has 1 rings (SSSR count). The van der Waals surface area contributed by atoms with Gasteiger partial charge in [-0.2, -0.15) is 0 Å². The van der Waals surface area contributed by atoms with Gasteiger partial charge >= 0.3 is 0 Å². The molecule has 0 bridgehead atoms. The average molecular weight is 307 g/mol. The third-order valence-corrected chi connectivity index (χ3v) is 4.43. The first-order valence-electron chi connectivity index (χ1n) is 5.96. The number of hydrogen-bond donors (Lipinski definition) is 0. The molecule has 0 amide bonds. The van der Waals surface area contributed by atoms with Gasteiger partial charge in [-0.05, 0) is 43.5 Å². The summed E-state index contributed by atoms with van der Waals surface area (Å²) in [6.45, 7) is 6.53. The zero-order valence-corrected chi connectivity index (χ0v) is 13.2. The zero-order valence-electron chi connectivity index (χ0n) is 11.6. The Morgan fingerprint density at radius 1 is 1.16 bits per heavy atom. The number of methoxy groups -OCH3 is 1. The van der Waals surface area contributed by atoms with Gasteiger partial charge in [0.15, 0.2) is 0 Å². The maximum Gasteiger partial charge on any atom is 0.261 e. The lowest BCUT2D eigenvalue weighted by atomic mass is 10.1. The molecule has 0 heterocycles. The number of aryl methyl sites for hydroxylation is 1. The van der Waals surface area contributed by atoms with Gasteiger partial charge in [-0.15, -0.1) is 0 Å². The van der Waals surface area contributed by atoms with E-state index in [0.29, 0.717) is 18.8 Å². The highest BCUT2D eigenvalue weighted by Gasteiger charge is 2.19. The predicted octanol–water partition coefficient (Wildman–Crippen LogP) is 2.95. The maximum atomic E-state index is 11.5. The molecule has 0 fully saturated rings. The van der Waals surface area contributed by atoms with Crippen LogP contribution in [0.4, 0.5) is 0 Å². The van der Waals surface area contributed by atoms with Gasteiger partial charge in [0.2, 0.25) is 0 Å². The van der Waals surface area contributed by atoms with Crippen LogP contribution in [0.2, 0.25) is 0 Å². The zero-order chi connectivity index (χ0) is 14.6. The fraction of sp³-hybridized carbons (Fsp3) is 0.538. The van der Waals surface area contributed by atoms with Gasteiger partial charge in [-0.25, -0.2) is 8.42 Å². The Morgan fingerprint density at radius 2 is 1.79 bits per heavy atom. The molecule has 6 heteroatoms. The molecular weight excluding hydrogens is 288 g/mol. The summed E-state index contributed by atoms with van der Waals surface area (Å²) in [6, 6.07) is 1.55. The first-order valence-corrected chi connectivity index (χ1v) is 8.27. The van der Waals surface area contributed by atoms with Crippen molar-refractivity contribution in [2.45, 2.75) is 32.1 Å². The fourth-order valence-electron chi connectivity index (χ4n) is 1.87. The summed E-state index contributed by atoms with van der Waals surface area (Å²) < 4.78 is 33.6. The quantitative estimate of drug-likeness (QED) is 0.599. The molecule has 1 aromatic rings. The smallest absolute Gasteiger partial charge is 0.261 e. The summed E-state index contributed by atoms with van der Waals surface area (Å²) in [5.41, 5.74) is 2.19. The van der Waals surface area contributed by atoms with Gasteiger partial charge in [0.1, 0.15) is 5.75 Å². The van der Waals surface area contributed by atoms with Crippen LogP contribution in [0.5, 0.6) is 5.75 Å². The standard InChI is InChI=1S/C13H19ClO4S/c1-9-8-12(19(14,15)16)10(2)11(3)13(9)18-7-5-6-17-4/h8H,5-7H2,1-4H3. The molecule has 0 radical (unpaired) electrons. The van der Waals surface area contributed by atoms with Crippen LogP contribution in [-0.4, -0.2) is 28.7 Å². The third kappa shape index (κ3) is 4.09. The topological polar surface area (TPSA) is 52.6 Å². The maximum absolute atomic E-state index is 11.5. The van der Waals surface area contributed by atoms with E-state index in [0.717, 1.165) is 23.3 Å². The molecule has 0 aliphatic heterocycles. The van der Waals surface area contributed by atoms with Gasteiger partial charge in [0.25, 0.3) is 9.05 Å². The molecule has 4 nitrogen and oxygen atoms in total. The first kappa shape index (κ1) is 16.3. The van der Waals surface area contributed by atoms with E-state index in [-0.39, 0.29) is 4.90 Å². The van der Waals surface area contributed by atoms with Crippen molar-refractivity contribution in [1.29, 1.82) is 0 Å². The fourth-order valence-corrected chi connectivity index (χ4v) is 3.19. The molecule has 0 unspecified atom stereocenters. The molecule has 0 aliphatic rings. The van der Waals surface area contributed by atoms with Crippen molar-refractivity contribution in [3.8, 4) is 5.75 Å². The van der Waals surface area contributed by atoms with Crippen LogP contribution in [0, 0.1) is 20.8 Å². The number of halogens is 1. The monoisotopic (exact) mass is 306 g/mol. The van der Waals surface area contributed by atoms with E-state index >= 15 is 0 Å². The second-order valence-electron chi connectivity index (χ2n) is 4.40. The predicted molar refractivity (Wildman–Crippen MR) is 75.7 cm³/mol. The van der Waals surface area contributed by atoms with Crippen LogP contribution in [0.25, 0.3) is 0 Å². The van der Waals surface area contributed by atoms with Crippen molar-refractivity contribution in [2.75, 3.05) is 20.3 Å². The van der Waals surface area contributed by atoms with E-state index in [4.69, 9.17) is 20.2 Å². The van der Waals surface area contributed by atoms with Crippen molar-refractivity contribution >= 4 is 19.7 Å². The largest absolute Gasteiger partial charge is 0.493 e. The van der Waals surface area contributed by atoms with E-state index in [1.54, 1.807) is 20.1 Å². The summed E-state index contributed by atoms with van der Waals surface area (Å²) in [7, 11) is 3.33. The summed E-state index contributed by atoms with van der Waals surface area (Å²) in [4.78, 5) is 0.147. The van der Waals surface area contributed by atoms with E-state index < -0.39 is 9.05 Å². The molecule has 0 N–H and O–H groups in total. The Hall–Kier alpha value is -0.780. The lowest BCUT2D eigenvalue weighted by molar-refractivity contribution is 0.171. The minimum Gasteiger partial charge on any atom is -0.493 e. The van der Waals surface area contributed by atoms with Crippen molar-refractivity contribution in [3.63, 3.8) is 0 Å². The van der Waals surface area contributed by atoms with Gasteiger partial charge in [0, 0.05) is 30.8 Å². The average Bonchev–Trinajstić information content (AvgIpc) is 2.31. The number of ether oxygens (including phenoxy) is 2. The van der Waals surface area contributed by atoms with Crippen molar-refractivity contribution in [2.24, 2.45) is 0 Å². The molecule has 0 saturated heterocycles. The SMILES string of the molecule is COCCCOc1c(C)cc(S(=O)(=O)Cl)c(C)c1C. The van der Waals surface area contributed by atoms with Crippen molar-refractivity contribution in [3.05, 3.63) is 22.8 Å². The highest BCUT2D eigenvalue weighted by molar-refractivity contribution is 8.13. The second-order valence-corrected chi connectivity index (χ2v) is 6.94. The highest BCUT2D eigenvalue weighted by Crippen LogP contribution is 2.32. The Labute approximate surface area is 119 Å². The molecule has 0 aromatic heterocycles. The third-order valence-electron chi connectivity index (χ3n) is 2.98. The van der Waals surface area contributed by atoms with Gasteiger partial charge in [-0.3, -0.25) is 0 Å². The Balaban J connectivity index is 3.06. The van der Waals surface area contributed by atoms with E-state index in [2.05, 4.69) is 0 Å². The lowest BCUT2D eigenvalue weighted by Crippen LogP contribution is -2.06. The Morgan fingerprint density at radius 3 is 2.32 bits per heavy atom. The summed E-state index contributed by atoms with van der Waals surface area (Å²) in [6.07, 6.45) is 0.782. The molecule has 1 aromatic carbocycles. The number of rotatable bonds is 6. The van der Waals surface area contributed by atoms with Crippen molar-refractivity contribution in [1.82, 2.24) is 0 Å². The minimum absolute atomic E-state index is 0.147. The summed E-state index contributed by atoms with van der Waals surface area (Å²) >= 11 is 0. The molecule has 108 valence electrons. The number of hydrogen-bond acceptors (Lipinski definition) is 4. The van der Waals surface area contributed by atoms with Crippen LogP contribution in [0.15, 0.2) is 11.0 Å². The highest BCUT2D eigenvalue weighted by atomic mass is 35.7. The minimum atomic E-state index is -3.73. The first-order chi connectivity index (χ1) is 8.79. The molecular formula is C13H19ClO4S. The molecule has 0 spiro atoms. The molecule has 19 heavy (non-hydrogen) atoms. The summed E-state index contributed by atoms with van der Waals surface area (Å²) in [5.74, 6) is 0.720. The van der Waals surface area contributed by atoms with E-state index in [1.807, 2.05) is 13.8 Å². The normalized spacial score (nSPS) is 11.6. The van der Waals surface area contributed by atoms with Crippen molar-refractivity contribution < 1.29 is 17.9 Å². The van der Waals surface area contributed by atoms with Crippen LogP contribution in [0.3, 0.4) is 0 Å². The summed E-state index contributed by atoms with van der Waals surface area (Å²) in [5, 5.41) is 0. The molecule has 0 atom stereocenters. The van der Waals surface area contributed by atoms with E-state index in [9.17, 15) is 8.42 Å². The molecule has 0 saturated carbocycles. The lowest BCUT2D eigenvalue weighted by Gasteiger charge is -2.16. The van der Waals surface area contributed by atoms with Gasteiger partial charge in [0.05, 0.1) is 11.5 Å². The van der Waals surface area contributed by atoms with Crippen LogP contribution >= 0.6 is 10.7 Å².